The Hall–Kier alpha value is -3.75. The van der Waals surface area contributed by atoms with Crippen molar-refractivity contribution in [2.75, 3.05) is 11.9 Å². The molecule has 0 aromatic heterocycles. The van der Waals surface area contributed by atoms with Crippen LogP contribution in [0.15, 0.2) is 48.5 Å². The van der Waals surface area contributed by atoms with E-state index in [1.807, 2.05) is 6.07 Å². The lowest BCUT2D eigenvalue weighted by Crippen LogP contribution is -2.35. The Morgan fingerprint density at radius 3 is 2.39 bits per heavy atom. The number of nitrogens with one attached hydrogen (secondary N) is 3. The maximum Gasteiger partial charge on any atom is 0.407 e. The molecule has 0 saturated heterocycles. The quantitative estimate of drug-likeness (QED) is 0.458. The fraction of sp³-hybridized carbons (Fsp3) is 0.375. The van der Waals surface area contributed by atoms with Gasteiger partial charge in [-0.05, 0) is 69.7 Å². The third-order valence-corrected chi connectivity index (χ3v) is 4.22. The minimum atomic E-state index is -0.727. The van der Waals surface area contributed by atoms with Gasteiger partial charge < -0.3 is 30.5 Å². The number of aromatic hydroxyl groups is 1. The smallest absolute Gasteiger partial charge is 0.407 e. The van der Waals surface area contributed by atoms with Crippen LogP contribution in [0.2, 0.25) is 0 Å². The van der Waals surface area contributed by atoms with Gasteiger partial charge in [-0.1, -0.05) is 12.1 Å². The van der Waals surface area contributed by atoms with Gasteiger partial charge in [0.2, 0.25) is 5.91 Å². The lowest BCUT2D eigenvalue weighted by atomic mass is 10.2. The molecule has 2 aromatic carbocycles. The van der Waals surface area contributed by atoms with Crippen molar-refractivity contribution in [3.63, 3.8) is 0 Å². The number of carbonyl (C=O) groups excluding carboxylic acids is 3. The third kappa shape index (κ3) is 9.94. The van der Waals surface area contributed by atoms with E-state index in [1.165, 1.54) is 12.1 Å². The zero-order valence-corrected chi connectivity index (χ0v) is 19.3. The Kier molecular flexibility index (Phi) is 9.08. The van der Waals surface area contributed by atoms with Crippen LogP contribution in [0.1, 0.15) is 39.7 Å². The van der Waals surface area contributed by atoms with E-state index < -0.39 is 17.8 Å². The number of hydrogen-bond acceptors (Lipinski definition) is 6. The molecule has 9 nitrogen and oxygen atoms in total. The van der Waals surface area contributed by atoms with Gasteiger partial charge in [0.25, 0.3) is 5.91 Å². The van der Waals surface area contributed by atoms with E-state index in [0.29, 0.717) is 11.4 Å². The number of alkyl carbamates (subject to hydrolysis) is 1. The van der Waals surface area contributed by atoms with Crippen LogP contribution in [-0.4, -0.2) is 41.3 Å². The van der Waals surface area contributed by atoms with Crippen LogP contribution >= 0.6 is 0 Å². The molecular weight excluding hydrogens is 426 g/mol. The largest absolute Gasteiger partial charge is 0.508 e. The SMILES string of the molecule is CC(Oc1ccc(O)cc1)C(=O)NCc1cccc(NC(=O)CCNC(=O)OC(C)(C)C)c1. The molecule has 0 aliphatic rings. The van der Waals surface area contributed by atoms with Gasteiger partial charge >= 0.3 is 6.09 Å². The molecule has 0 aliphatic carbocycles. The number of ether oxygens (including phenoxy) is 2. The summed E-state index contributed by atoms with van der Waals surface area (Å²) in [6, 6.07) is 13.2. The Morgan fingerprint density at radius 2 is 1.73 bits per heavy atom. The first-order valence-corrected chi connectivity index (χ1v) is 10.6. The van der Waals surface area contributed by atoms with Crippen molar-refractivity contribution in [3.05, 3.63) is 54.1 Å². The molecule has 0 aliphatic heterocycles. The summed E-state index contributed by atoms with van der Waals surface area (Å²) in [4.78, 5) is 36.1. The average molecular weight is 458 g/mol. The highest BCUT2D eigenvalue weighted by Crippen LogP contribution is 2.17. The van der Waals surface area contributed by atoms with Crippen LogP contribution in [0.5, 0.6) is 11.5 Å². The Morgan fingerprint density at radius 1 is 1.03 bits per heavy atom. The summed E-state index contributed by atoms with van der Waals surface area (Å²) < 4.78 is 10.7. The number of hydrogen-bond donors (Lipinski definition) is 4. The van der Waals surface area contributed by atoms with E-state index in [1.54, 1.807) is 58.0 Å². The summed E-state index contributed by atoms with van der Waals surface area (Å²) in [5.74, 6) is 0.0287. The van der Waals surface area contributed by atoms with E-state index in [0.717, 1.165) is 5.56 Å². The van der Waals surface area contributed by atoms with E-state index in [9.17, 15) is 19.5 Å². The van der Waals surface area contributed by atoms with Crippen molar-refractivity contribution >= 4 is 23.6 Å². The fourth-order valence-electron chi connectivity index (χ4n) is 2.69. The van der Waals surface area contributed by atoms with Crippen LogP contribution in [0.4, 0.5) is 10.5 Å². The third-order valence-electron chi connectivity index (χ3n) is 4.22. The molecule has 1 atom stereocenters. The summed E-state index contributed by atoms with van der Waals surface area (Å²) in [7, 11) is 0. The second-order valence-electron chi connectivity index (χ2n) is 8.40. The molecule has 3 amide bonds. The van der Waals surface area contributed by atoms with Crippen LogP contribution in [0, 0.1) is 0 Å². The van der Waals surface area contributed by atoms with E-state index in [-0.39, 0.29) is 37.1 Å². The van der Waals surface area contributed by atoms with Crippen LogP contribution in [0.3, 0.4) is 0 Å². The zero-order valence-electron chi connectivity index (χ0n) is 19.3. The molecule has 0 fully saturated rings. The average Bonchev–Trinajstić information content (AvgIpc) is 2.72. The Labute approximate surface area is 193 Å². The minimum absolute atomic E-state index is 0.0896. The molecule has 33 heavy (non-hydrogen) atoms. The molecular formula is C24H31N3O6. The number of benzene rings is 2. The topological polar surface area (TPSA) is 126 Å². The second-order valence-corrected chi connectivity index (χ2v) is 8.40. The molecule has 0 saturated carbocycles. The maximum absolute atomic E-state index is 12.3. The summed E-state index contributed by atoms with van der Waals surface area (Å²) in [6.45, 7) is 7.32. The number of phenolic OH excluding ortho intramolecular Hbond substituents is 1. The highest BCUT2D eigenvalue weighted by Gasteiger charge is 2.16. The lowest BCUT2D eigenvalue weighted by molar-refractivity contribution is -0.127. The highest BCUT2D eigenvalue weighted by molar-refractivity contribution is 5.91. The standard InChI is InChI=1S/C24H31N3O6/c1-16(32-20-10-8-19(28)9-11-20)22(30)26-15-17-6-5-7-18(14-17)27-21(29)12-13-25-23(31)33-24(2,3)4/h5-11,14,16,28H,12-13,15H2,1-4H3,(H,25,31)(H,26,30)(H,27,29). The zero-order chi connectivity index (χ0) is 24.4. The number of carbonyl (C=O) groups is 3. The summed E-state index contributed by atoms with van der Waals surface area (Å²) in [6.07, 6.45) is -1.21. The summed E-state index contributed by atoms with van der Waals surface area (Å²) in [5.41, 5.74) is 0.778. The highest BCUT2D eigenvalue weighted by atomic mass is 16.6. The number of rotatable bonds is 9. The molecule has 2 rings (SSSR count). The molecule has 9 heteroatoms. The van der Waals surface area contributed by atoms with Gasteiger partial charge in [-0.15, -0.1) is 0 Å². The molecule has 178 valence electrons. The van der Waals surface area contributed by atoms with E-state index >= 15 is 0 Å². The van der Waals surface area contributed by atoms with Crippen molar-refractivity contribution in [3.8, 4) is 11.5 Å². The van der Waals surface area contributed by atoms with Gasteiger partial charge in [0.1, 0.15) is 17.1 Å². The molecule has 0 heterocycles. The van der Waals surface area contributed by atoms with Crippen LogP contribution in [0.25, 0.3) is 0 Å². The van der Waals surface area contributed by atoms with Gasteiger partial charge in [-0.2, -0.15) is 0 Å². The number of anilines is 1. The molecule has 0 radical (unpaired) electrons. The van der Waals surface area contributed by atoms with Crippen LogP contribution < -0.4 is 20.7 Å². The molecule has 4 N–H and O–H groups in total. The predicted molar refractivity (Wildman–Crippen MR) is 124 cm³/mol. The van der Waals surface area contributed by atoms with Crippen molar-refractivity contribution in [1.82, 2.24) is 10.6 Å². The van der Waals surface area contributed by atoms with Gasteiger partial charge in [0, 0.05) is 25.2 Å². The van der Waals surface area contributed by atoms with Crippen LogP contribution in [-0.2, 0) is 20.9 Å². The summed E-state index contributed by atoms with van der Waals surface area (Å²) in [5, 5.41) is 17.4. The molecule has 0 bridgehead atoms. The van der Waals surface area contributed by atoms with Gasteiger partial charge in [-0.25, -0.2) is 4.79 Å². The molecule has 0 spiro atoms. The Balaban J connectivity index is 1.76. The fourth-order valence-corrected chi connectivity index (χ4v) is 2.69. The van der Waals surface area contributed by atoms with Gasteiger partial charge in [0.15, 0.2) is 6.10 Å². The lowest BCUT2D eigenvalue weighted by Gasteiger charge is -2.19. The van der Waals surface area contributed by atoms with Gasteiger partial charge in [-0.3, -0.25) is 9.59 Å². The van der Waals surface area contributed by atoms with Gasteiger partial charge in [0.05, 0.1) is 0 Å². The van der Waals surface area contributed by atoms with Crippen molar-refractivity contribution in [1.29, 1.82) is 0 Å². The first kappa shape index (κ1) is 25.5. The molecule has 2 aromatic rings. The van der Waals surface area contributed by atoms with Crippen molar-refractivity contribution in [2.24, 2.45) is 0 Å². The Bertz CT molecular complexity index is 953. The second kappa shape index (κ2) is 11.8. The maximum atomic E-state index is 12.3. The predicted octanol–water partition coefficient (Wildman–Crippen LogP) is 3.33. The van der Waals surface area contributed by atoms with E-state index in [4.69, 9.17) is 9.47 Å². The first-order valence-electron chi connectivity index (χ1n) is 10.6. The number of amides is 3. The van der Waals surface area contributed by atoms with E-state index in [2.05, 4.69) is 16.0 Å². The normalized spacial score (nSPS) is 11.8. The minimum Gasteiger partial charge on any atom is -0.508 e. The number of phenols is 1. The van der Waals surface area contributed by atoms with Crippen molar-refractivity contribution < 1.29 is 29.0 Å². The molecule has 1 unspecified atom stereocenters. The monoisotopic (exact) mass is 457 g/mol. The van der Waals surface area contributed by atoms with Crippen molar-refractivity contribution in [2.45, 2.75) is 52.4 Å². The summed E-state index contributed by atoms with van der Waals surface area (Å²) >= 11 is 0. The first-order chi connectivity index (χ1) is 15.5.